The number of rotatable bonds is 4. The van der Waals surface area contributed by atoms with Crippen molar-refractivity contribution in [2.24, 2.45) is 5.92 Å². The summed E-state index contributed by atoms with van der Waals surface area (Å²) in [5.41, 5.74) is 0.940. The van der Waals surface area contributed by atoms with E-state index in [1.807, 2.05) is 6.92 Å². The number of aromatic carboxylic acids is 1. The molecule has 0 bridgehead atoms. The maximum Gasteiger partial charge on any atom is 0.338 e. The lowest BCUT2D eigenvalue weighted by Crippen LogP contribution is -2.28. The average Bonchev–Trinajstić information content (AvgIpc) is 2.79. The summed E-state index contributed by atoms with van der Waals surface area (Å²) in [4.78, 5) is 36.8. The van der Waals surface area contributed by atoms with E-state index in [1.54, 1.807) is 30.0 Å². The van der Waals surface area contributed by atoms with Crippen molar-refractivity contribution in [3.8, 4) is 0 Å². The van der Waals surface area contributed by atoms with E-state index in [0.717, 1.165) is 0 Å². The molecule has 0 spiro atoms. The van der Waals surface area contributed by atoms with Crippen molar-refractivity contribution in [1.82, 2.24) is 4.90 Å². The number of carboxylic acids is 1. The van der Waals surface area contributed by atoms with E-state index in [4.69, 9.17) is 0 Å². The Kier molecular flexibility index (Phi) is 4.26. The lowest BCUT2D eigenvalue weighted by molar-refractivity contribution is -0.128. The molecule has 6 heteroatoms. The Morgan fingerprint density at radius 3 is 2.71 bits per heavy atom. The Hall–Kier alpha value is -2.37. The molecule has 2 rings (SSSR count). The van der Waals surface area contributed by atoms with Crippen molar-refractivity contribution in [2.45, 2.75) is 20.3 Å². The molecule has 1 aliphatic heterocycles. The number of benzene rings is 1. The van der Waals surface area contributed by atoms with Gasteiger partial charge in [0.2, 0.25) is 11.8 Å². The average molecular weight is 290 g/mol. The van der Waals surface area contributed by atoms with Crippen molar-refractivity contribution in [3.05, 3.63) is 29.3 Å². The molecule has 1 aliphatic rings. The number of carboxylic acid groups (broad SMARTS) is 1. The minimum atomic E-state index is -1.08. The largest absolute Gasteiger partial charge is 0.478 e. The quantitative estimate of drug-likeness (QED) is 0.879. The Bertz CT molecular complexity index is 597. The summed E-state index contributed by atoms with van der Waals surface area (Å²) in [5, 5.41) is 11.9. The topological polar surface area (TPSA) is 86.7 Å². The number of aryl methyl sites for hydroxylation is 1. The highest BCUT2D eigenvalue weighted by atomic mass is 16.4. The number of likely N-dealkylation sites (tertiary alicyclic amines) is 1. The number of nitrogens with one attached hydrogen (secondary N) is 1. The Balaban J connectivity index is 2.16. The van der Waals surface area contributed by atoms with Crippen LogP contribution in [0.25, 0.3) is 0 Å². The van der Waals surface area contributed by atoms with Crippen LogP contribution in [0.1, 0.15) is 29.3 Å². The molecule has 1 unspecified atom stereocenters. The Morgan fingerprint density at radius 1 is 1.43 bits per heavy atom. The molecule has 1 heterocycles. The van der Waals surface area contributed by atoms with Crippen LogP contribution in [0.3, 0.4) is 0 Å². The van der Waals surface area contributed by atoms with Crippen LogP contribution in [0.4, 0.5) is 5.69 Å². The van der Waals surface area contributed by atoms with Crippen molar-refractivity contribution in [1.29, 1.82) is 0 Å². The summed E-state index contributed by atoms with van der Waals surface area (Å²) in [6.07, 6.45) is 0.174. The predicted octanol–water partition coefficient (Wildman–Crippen LogP) is 1.50. The highest BCUT2D eigenvalue weighted by Crippen LogP contribution is 2.23. The summed E-state index contributed by atoms with van der Waals surface area (Å²) >= 11 is 0. The minimum Gasteiger partial charge on any atom is -0.478 e. The molecule has 112 valence electrons. The summed E-state index contributed by atoms with van der Waals surface area (Å²) in [6, 6.07) is 4.93. The molecule has 1 aromatic carbocycles. The lowest BCUT2D eigenvalue weighted by atomic mass is 10.0. The van der Waals surface area contributed by atoms with Crippen LogP contribution in [-0.4, -0.2) is 40.9 Å². The zero-order chi connectivity index (χ0) is 15.6. The molecular formula is C15H18N2O4. The van der Waals surface area contributed by atoms with E-state index in [-0.39, 0.29) is 29.5 Å². The zero-order valence-corrected chi connectivity index (χ0v) is 12.0. The molecule has 1 aromatic rings. The number of carbonyl (C=O) groups is 3. The first-order chi connectivity index (χ1) is 9.93. The van der Waals surface area contributed by atoms with E-state index in [9.17, 15) is 19.5 Å². The molecule has 1 atom stereocenters. The summed E-state index contributed by atoms with van der Waals surface area (Å²) < 4.78 is 0. The normalized spacial score (nSPS) is 17.9. The second-order valence-corrected chi connectivity index (χ2v) is 5.13. The van der Waals surface area contributed by atoms with Crippen molar-refractivity contribution in [2.75, 3.05) is 18.4 Å². The fourth-order valence-electron chi connectivity index (χ4n) is 2.54. The third kappa shape index (κ3) is 3.04. The van der Waals surface area contributed by atoms with Crippen LogP contribution < -0.4 is 5.32 Å². The molecule has 21 heavy (non-hydrogen) atoms. The fourth-order valence-corrected chi connectivity index (χ4v) is 2.54. The highest BCUT2D eigenvalue weighted by molar-refractivity contribution is 6.03. The minimum absolute atomic E-state index is 0.0413. The lowest BCUT2D eigenvalue weighted by Gasteiger charge is -2.15. The van der Waals surface area contributed by atoms with Gasteiger partial charge >= 0.3 is 5.97 Å². The van der Waals surface area contributed by atoms with Gasteiger partial charge in [-0.2, -0.15) is 0 Å². The van der Waals surface area contributed by atoms with Gasteiger partial charge < -0.3 is 15.3 Å². The number of amides is 2. The molecule has 1 saturated heterocycles. The van der Waals surface area contributed by atoms with Crippen LogP contribution in [0, 0.1) is 12.8 Å². The van der Waals surface area contributed by atoms with Crippen molar-refractivity contribution >= 4 is 23.5 Å². The number of hydrogen-bond acceptors (Lipinski definition) is 3. The van der Waals surface area contributed by atoms with E-state index in [1.165, 1.54) is 0 Å². The van der Waals surface area contributed by atoms with E-state index in [0.29, 0.717) is 18.7 Å². The molecule has 2 amide bonds. The van der Waals surface area contributed by atoms with Gasteiger partial charge in [-0.1, -0.05) is 12.1 Å². The first-order valence-electron chi connectivity index (χ1n) is 6.85. The van der Waals surface area contributed by atoms with Gasteiger partial charge in [0.05, 0.1) is 17.2 Å². The third-order valence-corrected chi connectivity index (χ3v) is 3.71. The molecule has 1 fully saturated rings. The van der Waals surface area contributed by atoms with E-state index in [2.05, 4.69) is 5.32 Å². The van der Waals surface area contributed by atoms with Crippen LogP contribution >= 0.6 is 0 Å². The van der Waals surface area contributed by atoms with E-state index < -0.39 is 11.9 Å². The van der Waals surface area contributed by atoms with Gasteiger partial charge in [0, 0.05) is 19.5 Å². The highest BCUT2D eigenvalue weighted by Gasteiger charge is 2.33. The number of hydrogen-bond donors (Lipinski definition) is 2. The molecule has 0 aromatic heterocycles. The van der Waals surface area contributed by atoms with Crippen molar-refractivity contribution < 1.29 is 19.5 Å². The standard InChI is InChI=1S/C15H18N2O4/c1-3-17-8-10(7-12(17)18)14(19)16-11-6-4-5-9(2)13(11)15(20)21/h4-6,10H,3,7-8H2,1-2H3,(H,16,19)(H,20,21). The van der Waals surface area contributed by atoms with Crippen LogP contribution in [0.2, 0.25) is 0 Å². The molecule has 6 nitrogen and oxygen atoms in total. The fraction of sp³-hybridized carbons (Fsp3) is 0.400. The van der Waals surface area contributed by atoms with Crippen LogP contribution in [-0.2, 0) is 9.59 Å². The second kappa shape index (κ2) is 5.95. The van der Waals surface area contributed by atoms with Gasteiger partial charge in [0.1, 0.15) is 0 Å². The summed E-state index contributed by atoms with van der Waals surface area (Å²) in [5.74, 6) is -1.87. The summed E-state index contributed by atoms with van der Waals surface area (Å²) in [7, 11) is 0. The molecule has 0 radical (unpaired) electrons. The molecular weight excluding hydrogens is 272 g/mol. The monoisotopic (exact) mass is 290 g/mol. The molecule has 0 saturated carbocycles. The maximum absolute atomic E-state index is 12.2. The summed E-state index contributed by atoms with van der Waals surface area (Å²) in [6.45, 7) is 4.50. The zero-order valence-electron chi connectivity index (χ0n) is 12.0. The van der Waals surface area contributed by atoms with Gasteiger partial charge in [-0.25, -0.2) is 4.79 Å². The van der Waals surface area contributed by atoms with Gasteiger partial charge in [0.15, 0.2) is 0 Å². The number of nitrogens with zero attached hydrogens (tertiary/aromatic N) is 1. The maximum atomic E-state index is 12.2. The first-order valence-corrected chi connectivity index (χ1v) is 6.85. The molecule has 0 aliphatic carbocycles. The van der Waals surface area contributed by atoms with Gasteiger partial charge in [0.25, 0.3) is 0 Å². The second-order valence-electron chi connectivity index (χ2n) is 5.13. The van der Waals surface area contributed by atoms with Gasteiger partial charge in [-0.15, -0.1) is 0 Å². The first kappa shape index (κ1) is 15.0. The Labute approximate surface area is 122 Å². The van der Waals surface area contributed by atoms with Gasteiger partial charge in [-0.05, 0) is 25.5 Å². The number of carbonyl (C=O) groups excluding carboxylic acids is 2. The smallest absolute Gasteiger partial charge is 0.338 e. The predicted molar refractivity (Wildman–Crippen MR) is 77.1 cm³/mol. The van der Waals surface area contributed by atoms with E-state index >= 15 is 0 Å². The third-order valence-electron chi connectivity index (χ3n) is 3.71. The Morgan fingerprint density at radius 2 is 2.14 bits per heavy atom. The van der Waals surface area contributed by atoms with Crippen LogP contribution in [0.15, 0.2) is 18.2 Å². The molecule has 2 N–H and O–H groups in total. The van der Waals surface area contributed by atoms with Crippen LogP contribution in [0.5, 0.6) is 0 Å². The van der Waals surface area contributed by atoms with Crippen molar-refractivity contribution in [3.63, 3.8) is 0 Å². The van der Waals surface area contributed by atoms with Gasteiger partial charge in [-0.3, -0.25) is 9.59 Å². The number of anilines is 1. The SMILES string of the molecule is CCN1CC(C(=O)Nc2cccc(C)c2C(=O)O)CC1=O.